The van der Waals surface area contributed by atoms with E-state index in [1.807, 2.05) is 19.1 Å². The lowest BCUT2D eigenvalue weighted by atomic mass is 9.88. The van der Waals surface area contributed by atoms with Crippen molar-refractivity contribution < 1.29 is 0 Å². The number of nitrogens with zero attached hydrogens (tertiary/aromatic N) is 1. The molecule has 1 N–H and O–H groups in total. The molecule has 1 heterocycles. The lowest BCUT2D eigenvalue weighted by Crippen LogP contribution is -2.63. The van der Waals surface area contributed by atoms with Gasteiger partial charge in [0.2, 0.25) is 0 Å². The highest BCUT2D eigenvalue weighted by atomic mass is 35.5. The molecule has 2 nitrogen and oxygen atoms in total. The summed E-state index contributed by atoms with van der Waals surface area (Å²) >= 11 is 12.7. The van der Waals surface area contributed by atoms with E-state index >= 15 is 0 Å². The van der Waals surface area contributed by atoms with Crippen LogP contribution in [0.5, 0.6) is 0 Å². The van der Waals surface area contributed by atoms with Crippen molar-refractivity contribution in [2.75, 3.05) is 18.0 Å². The molecule has 0 saturated carbocycles. The van der Waals surface area contributed by atoms with Gasteiger partial charge in [-0.2, -0.15) is 0 Å². The number of hydrogen-bond acceptors (Lipinski definition) is 2. The first kappa shape index (κ1) is 15.9. The summed E-state index contributed by atoms with van der Waals surface area (Å²) in [6.07, 6.45) is 2.23. The van der Waals surface area contributed by atoms with Crippen molar-refractivity contribution in [3.05, 3.63) is 27.7 Å². The summed E-state index contributed by atoms with van der Waals surface area (Å²) in [4.78, 5) is 2.40. The first-order valence-corrected chi connectivity index (χ1v) is 8.15. The third kappa shape index (κ3) is 2.93. The van der Waals surface area contributed by atoms with Crippen LogP contribution in [-0.4, -0.2) is 24.7 Å². The molecule has 0 bridgehead atoms. The fraction of sp³-hybridized carbons (Fsp3) is 0.625. The van der Waals surface area contributed by atoms with E-state index in [0.717, 1.165) is 47.2 Å². The first-order valence-electron chi connectivity index (χ1n) is 7.39. The summed E-state index contributed by atoms with van der Waals surface area (Å²) in [5.74, 6) is 0. The Hall–Kier alpha value is -0.440. The smallest absolute Gasteiger partial charge is 0.0643 e. The number of hydrogen-bond donors (Lipinski definition) is 1. The molecule has 1 aliphatic heterocycles. The topological polar surface area (TPSA) is 15.3 Å². The quantitative estimate of drug-likeness (QED) is 0.873. The third-order valence-corrected chi connectivity index (χ3v) is 5.38. The van der Waals surface area contributed by atoms with Gasteiger partial charge in [-0.15, -0.1) is 0 Å². The summed E-state index contributed by atoms with van der Waals surface area (Å²) < 4.78 is 0. The SMILES string of the molecule is CCC1(CC)CN(c2cc(Cl)c(C)cc2Cl)C(C)CN1. The van der Waals surface area contributed by atoms with E-state index in [1.165, 1.54) is 0 Å². The summed E-state index contributed by atoms with van der Waals surface area (Å²) in [5.41, 5.74) is 2.26. The molecule has 1 atom stereocenters. The van der Waals surface area contributed by atoms with E-state index in [0.29, 0.717) is 6.04 Å². The van der Waals surface area contributed by atoms with Crippen LogP contribution in [-0.2, 0) is 0 Å². The molecule has 0 radical (unpaired) electrons. The van der Waals surface area contributed by atoms with Gasteiger partial charge in [-0.05, 0) is 44.4 Å². The van der Waals surface area contributed by atoms with Crippen LogP contribution < -0.4 is 10.2 Å². The fourth-order valence-electron chi connectivity index (χ4n) is 2.91. The van der Waals surface area contributed by atoms with Gasteiger partial charge in [-0.25, -0.2) is 0 Å². The molecule has 2 rings (SSSR count). The van der Waals surface area contributed by atoms with Crippen LogP contribution in [0.1, 0.15) is 39.2 Å². The van der Waals surface area contributed by atoms with Crippen LogP contribution in [0.25, 0.3) is 0 Å². The molecule has 0 aliphatic carbocycles. The summed E-state index contributed by atoms with van der Waals surface area (Å²) in [6, 6.07) is 4.39. The van der Waals surface area contributed by atoms with E-state index in [9.17, 15) is 0 Å². The number of benzene rings is 1. The van der Waals surface area contributed by atoms with Crippen molar-refractivity contribution in [3.8, 4) is 0 Å². The fourth-order valence-corrected chi connectivity index (χ4v) is 3.40. The molecule has 20 heavy (non-hydrogen) atoms. The van der Waals surface area contributed by atoms with Crippen LogP contribution in [0, 0.1) is 6.92 Å². The zero-order valence-electron chi connectivity index (χ0n) is 12.8. The van der Waals surface area contributed by atoms with Crippen molar-refractivity contribution >= 4 is 28.9 Å². The van der Waals surface area contributed by atoms with E-state index in [4.69, 9.17) is 23.2 Å². The van der Waals surface area contributed by atoms with Gasteiger partial charge in [-0.1, -0.05) is 37.0 Å². The lowest BCUT2D eigenvalue weighted by molar-refractivity contribution is 0.254. The molecule has 0 aromatic heterocycles. The zero-order chi connectivity index (χ0) is 14.9. The van der Waals surface area contributed by atoms with Crippen LogP contribution in [0.3, 0.4) is 0 Å². The van der Waals surface area contributed by atoms with Gasteiger partial charge in [0, 0.05) is 29.7 Å². The Labute approximate surface area is 132 Å². The third-order valence-electron chi connectivity index (χ3n) is 4.67. The number of piperazine rings is 1. The van der Waals surface area contributed by atoms with E-state index in [-0.39, 0.29) is 5.54 Å². The molecular formula is C16H24Cl2N2. The highest BCUT2D eigenvalue weighted by Crippen LogP contribution is 2.35. The van der Waals surface area contributed by atoms with Crippen molar-refractivity contribution in [2.24, 2.45) is 0 Å². The average molecular weight is 315 g/mol. The molecule has 1 unspecified atom stereocenters. The van der Waals surface area contributed by atoms with Crippen LogP contribution in [0.2, 0.25) is 10.0 Å². The second kappa shape index (κ2) is 6.13. The highest BCUT2D eigenvalue weighted by Gasteiger charge is 2.35. The predicted octanol–water partition coefficient (Wildman–Crippen LogP) is 4.66. The monoisotopic (exact) mass is 314 g/mol. The maximum atomic E-state index is 6.46. The highest BCUT2D eigenvalue weighted by molar-refractivity contribution is 6.35. The van der Waals surface area contributed by atoms with Crippen LogP contribution in [0.4, 0.5) is 5.69 Å². The van der Waals surface area contributed by atoms with Crippen molar-refractivity contribution in [2.45, 2.75) is 52.1 Å². The summed E-state index contributed by atoms with van der Waals surface area (Å²) in [5, 5.41) is 5.29. The molecule has 1 aliphatic rings. The minimum Gasteiger partial charge on any atom is -0.364 e. The van der Waals surface area contributed by atoms with Gasteiger partial charge in [0.25, 0.3) is 0 Å². The second-order valence-corrected chi connectivity index (χ2v) is 6.71. The van der Waals surface area contributed by atoms with E-state index in [2.05, 4.69) is 31.0 Å². The summed E-state index contributed by atoms with van der Waals surface area (Å²) in [6.45, 7) is 10.7. The van der Waals surface area contributed by atoms with Crippen LogP contribution in [0.15, 0.2) is 12.1 Å². The summed E-state index contributed by atoms with van der Waals surface area (Å²) in [7, 11) is 0. The molecule has 0 spiro atoms. The number of aryl methyl sites for hydroxylation is 1. The minimum absolute atomic E-state index is 0.174. The Morgan fingerprint density at radius 2 is 1.90 bits per heavy atom. The number of halogens is 2. The van der Waals surface area contributed by atoms with Crippen molar-refractivity contribution in [3.63, 3.8) is 0 Å². The maximum absolute atomic E-state index is 6.46. The van der Waals surface area contributed by atoms with Crippen LogP contribution >= 0.6 is 23.2 Å². The zero-order valence-corrected chi connectivity index (χ0v) is 14.3. The maximum Gasteiger partial charge on any atom is 0.0643 e. The normalized spacial score (nSPS) is 22.1. The number of anilines is 1. The molecule has 4 heteroatoms. The Morgan fingerprint density at radius 3 is 2.50 bits per heavy atom. The van der Waals surface area contributed by atoms with Crippen molar-refractivity contribution in [1.29, 1.82) is 0 Å². The second-order valence-electron chi connectivity index (χ2n) is 5.90. The van der Waals surface area contributed by atoms with Gasteiger partial charge in [-0.3, -0.25) is 0 Å². The largest absolute Gasteiger partial charge is 0.364 e. The minimum atomic E-state index is 0.174. The molecule has 0 amide bonds. The molecule has 1 aromatic rings. The van der Waals surface area contributed by atoms with Gasteiger partial charge < -0.3 is 10.2 Å². The Bertz CT molecular complexity index is 484. The molecule has 112 valence electrons. The van der Waals surface area contributed by atoms with Gasteiger partial charge in [0.15, 0.2) is 0 Å². The lowest BCUT2D eigenvalue weighted by Gasteiger charge is -2.48. The Morgan fingerprint density at radius 1 is 1.25 bits per heavy atom. The molecule has 1 fully saturated rings. The standard InChI is InChI=1S/C16H24Cl2N2/c1-5-16(6-2)10-20(12(4)9-19-16)15-8-13(17)11(3)7-14(15)18/h7-8,12,19H,5-6,9-10H2,1-4H3. The first-order chi connectivity index (χ1) is 9.42. The molecule has 1 aromatic carbocycles. The number of rotatable bonds is 3. The molecule has 1 saturated heterocycles. The van der Waals surface area contributed by atoms with Crippen molar-refractivity contribution in [1.82, 2.24) is 5.32 Å². The average Bonchev–Trinajstić information content (AvgIpc) is 2.44. The van der Waals surface area contributed by atoms with E-state index < -0.39 is 0 Å². The Kier molecular flexibility index (Phi) is 4.88. The van der Waals surface area contributed by atoms with Gasteiger partial charge in [0.05, 0.1) is 10.7 Å². The van der Waals surface area contributed by atoms with Gasteiger partial charge >= 0.3 is 0 Å². The molecular weight excluding hydrogens is 291 g/mol. The Balaban J connectivity index is 2.37. The number of nitrogens with one attached hydrogen (secondary N) is 1. The van der Waals surface area contributed by atoms with E-state index in [1.54, 1.807) is 0 Å². The predicted molar refractivity (Wildman–Crippen MR) is 89.3 cm³/mol. The van der Waals surface area contributed by atoms with Gasteiger partial charge in [0.1, 0.15) is 0 Å².